The van der Waals surface area contributed by atoms with Crippen molar-refractivity contribution in [3.8, 4) is 0 Å². The normalized spacial score (nSPS) is 16.7. The van der Waals surface area contributed by atoms with Crippen molar-refractivity contribution in [1.29, 1.82) is 0 Å². The molecule has 1 aromatic rings. The van der Waals surface area contributed by atoms with E-state index in [1.54, 1.807) is 11.3 Å². The van der Waals surface area contributed by atoms with Crippen LogP contribution >= 0.6 is 11.3 Å². The van der Waals surface area contributed by atoms with Gasteiger partial charge in [-0.3, -0.25) is 9.69 Å². The van der Waals surface area contributed by atoms with Gasteiger partial charge in [-0.2, -0.15) is 0 Å². The van der Waals surface area contributed by atoms with Gasteiger partial charge >= 0.3 is 0 Å². The maximum Gasteiger partial charge on any atom is 0.242 e. The average Bonchev–Trinajstić information content (AvgIpc) is 3.11. The molecule has 1 fully saturated rings. The van der Waals surface area contributed by atoms with Crippen LogP contribution in [0.25, 0.3) is 0 Å². The summed E-state index contributed by atoms with van der Waals surface area (Å²) in [5.74, 6) is 1.28. The van der Waals surface area contributed by atoms with Gasteiger partial charge in [0, 0.05) is 30.6 Å². The fraction of sp³-hybridized carbons (Fsp3) is 0.762. The monoisotopic (exact) mass is 422 g/mol. The molecule has 1 aromatic heterocycles. The van der Waals surface area contributed by atoms with Crippen LogP contribution in [0.5, 0.6) is 0 Å². The van der Waals surface area contributed by atoms with Crippen molar-refractivity contribution in [2.24, 2.45) is 10.9 Å². The molecular formula is C21H38N6OS. The lowest BCUT2D eigenvalue weighted by Crippen LogP contribution is -2.44. The molecular weight excluding hydrogens is 384 g/mol. The summed E-state index contributed by atoms with van der Waals surface area (Å²) in [5, 5.41) is 13.0. The third-order valence-electron chi connectivity index (χ3n) is 4.79. The molecule has 2 heterocycles. The summed E-state index contributed by atoms with van der Waals surface area (Å²) in [6.45, 7) is 15.1. The van der Waals surface area contributed by atoms with E-state index in [-0.39, 0.29) is 18.0 Å². The summed E-state index contributed by atoms with van der Waals surface area (Å²) < 4.78 is 0. The van der Waals surface area contributed by atoms with E-state index < -0.39 is 0 Å². The Morgan fingerprint density at radius 3 is 2.59 bits per heavy atom. The molecule has 0 bridgehead atoms. The Balaban J connectivity index is 1.73. The number of likely N-dealkylation sites (tertiary alicyclic amines) is 1. The Bertz CT molecular complexity index is 658. The number of thiazole rings is 1. The predicted molar refractivity (Wildman–Crippen MR) is 121 cm³/mol. The van der Waals surface area contributed by atoms with E-state index >= 15 is 0 Å². The van der Waals surface area contributed by atoms with E-state index in [1.165, 1.54) is 23.5 Å². The van der Waals surface area contributed by atoms with E-state index in [2.05, 4.69) is 43.1 Å². The van der Waals surface area contributed by atoms with Crippen molar-refractivity contribution in [3.63, 3.8) is 0 Å². The van der Waals surface area contributed by atoms with Gasteiger partial charge in [0.05, 0.1) is 10.7 Å². The van der Waals surface area contributed by atoms with Gasteiger partial charge in [-0.15, -0.1) is 11.3 Å². The third kappa shape index (κ3) is 9.12. The highest BCUT2D eigenvalue weighted by Crippen LogP contribution is 2.19. The van der Waals surface area contributed by atoms with E-state index in [0.29, 0.717) is 11.9 Å². The van der Waals surface area contributed by atoms with Crippen LogP contribution in [0.4, 0.5) is 0 Å². The molecule has 3 N–H and O–H groups in total. The van der Waals surface area contributed by atoms with Crippen LogP contribution < -0.4 is 16.0 Å². The zero-order chi connectivity index (χ0) is 21.3. The lowest BCUT2D eigenvalue weighted by atomic mass is 9.97. The molecule has 0 unspecified atom stereocenters. The standard InChI is InChI=1S/C21H38N6OS/c1-6-19-25-17(15-29-19)14-27-10-8-16(9-11-27)12-23-20(22-7-2)24-13-18(28)26-21(3,4)5/h15-16H,6-14H2,1-5H3,(H,26,28)(H2,22,23,24). The quantitative estimate of drug-likeness (QED) is 0.443. The van der Waals surface area contributed by atoms with E-state index in [9.17, 15) is 4.79 Å². The SMILES string of the molecule is CCNC(=NCC(=O)NC(C)(C)C)NCC1CCN(Cc2csc(CC)n2)CC1. The maximum atomic E-state index is 12.0. The van der Waals surface area contributed by atoms with Gasteiger partial charge in [0.2, 0.25) is 5.91 Å². The number of rotatable bonds is 8. The summed E-state index contributed by atoms with van der Waals surface area (Å²) in [7, 11) is 0. The Morgan fingerprint density at radius 2 is 2.00 bits per heavy atom. The molecule has 0 spiro atoms. The number of carbonyl (C=O) groups excluding carboxylic acids is 1. The maximum absolute atomic E-state index is 12.0. The number of hydrogen-bond acceptors (Lipinski definition) is 5. The molecule has 1 aliphatic rings. The van der Waals surface area contributed by atoms with Crippen LogP contribution in [0.1, 0.15) is 58.2 Å². The number of carbonyl (C=O) groups is 1. The average molecular weight is 423 g/mol. The second-order valence-electron chi connectivity index (χ2n) is 8.68. The topological polar surface area (TPSA) is 81.6 Å². The van der Waals surface area contributed by atoms with Crippen molar-refractivity contribution in [2.75, 3.05) is 32.7 Å². The smallest absolute Gasteiger partial charge is 0.242 e. The van der Waals surface area contributed by atoms with Crippen LogP contribution in [0.15, 0.2) is 10.4 Å². The number of hydrogen-bond donors (Lipinski definition) is 3. The largest absolute Gasteiger partial charge is 0.357 e. The van der Waals surface area contributed by atoms with Gasteiger partial charge in [0.1, 0.15) is 6.54 Å². The predicted octanol–water partition coefficient (Wildman–Crippen LogP) is 2.39. The van der Waals surface area contributed by atoms with Crippen LogP contribution in [-0.2, 0) is 17.8 Å². The summed E-state index contributed by atoms with van der Waals surface area (Å²) in [6, 6.07) is 0. The second-order valence-corrected chi connectivity index (χ2v) is 9.62. The Kier molecular flexibility index (Phi) is 9.36. The van der Waals surface area contributed by atoms with Gasteiger partial charge in [-0.1, -0.05) is 6.92 Å². The van der Waals surface area contributed by atoms with Crippen molar-refractivity contribution < 1.29 is 4.79 Å². The first-order valence-corrected chi connectivity index (χ1v) is 11.7. The molecule has 0 atom stereocenters. The number of aliphatic imine (C=N–C) groups is 1. The first kappa shape index (κ1) is 23.6. The van der Waals surface area contributed by atoms with E-state index in [1.807, 2.05) is 27.7 Å². The minimum Gasteiger partial charge on any atom is -0.357 e. The third-order valence-corrected chi connectivity index (χ3v) is 5.83. The van der Waals surface area contributed by atoms with E-state index in [4.69, 9.17) is 0 Å². The number of amides is 1. The molecule has 8 heteroatoms. The summed E-state index contributed by atoms with van der Waals surface area (Å²) in [5.41, 5.74) is 0.974. The Morgan fingerprint density at radius 1 is 1.28 bits per heavy atom. The van der Waals surface area contributed by atoms with Crippen molar-refractivity contribution in [2.45, 2.75) is 66.0 Å². The van der Waals surface area contributed by atoms with Gasteiger partial charge in [0.15, 0.2) is 5.96 Å². The molecule has 1 amide bonds. The molecule has 164 valence electrons. The van der Waals surface area contributed by atoms with Gasteiger partial charge in [0.25, 0.3) is 0 Å². The van der Waals surface area contributed by atoms with Gasteiger partial charge in [-0.05, 0) is 66.0 Å². The first-order chi connectivity index (χ1) is 13.8. The molecule has 0 saturated carbocycles. The van der Waals surface area contributed by atoms with Crippen molar-refractivity contribution in [3.05, 3.63) is 16.1 Å². The zero-order valence-electron chi connectivity index (χ0n) is 18.7. The van der Waals surface area contributed by atoms with Crippen LogP contribution in [-0.4, -0.2) is 60.0 Å². The molecule has 0 radical (unpaired) electrons. The summed E-state index contributed by atoms with van der Waals surface area (Å²) in [6.07, 6.45) is 3.36. The van der Waals surface area contributed by atoms with Crippen molar-refractivity contribution in [1.82, 2.24) is 25.8 Å². The number of nitrogens with zero attached hydrogens (tertiary/aromatic N) is 3. The molecule has 0 aliphatic carbocycles. The highest BCUT2D eigenvalue weighted by molar-refractivity contribution is 7.09. The Hall–Kier alpha value is -1.67. The fourth-order valence-corrected chi connectivity index (χ4v) is 4.09. The lowest BCUT2D eigenvalue weighted by Gasteiger charge is -2.31. The molecule has 1 saturated heterocycles. The van der Waals surface area contributed by atoms with Gasteiger partial charge < -0.3 is 16.0 Å². The van der Waals surface area contributed by atoms with Gasteiger partial charge in [-0.25, -0.2) is 9.98 Å². The molecule has 0 aromatic carbocycles. The molecule has 7 nitrogen and oxygen atoms in total. The highest BCUT2D eigenvalue weighted by atomic mass is 32.1. The van der Waals surface area contributed by atoms with Crippen LogP contribution in [0.3, 0.4) is 0 Å². The molecule has 1 aliphatic heterocycles. The van der Waals surface area contributed by atoms with Crippen LogP contribution in [0, 0.1) is 5.92 Å². The molecule has 2 rings (SSSR count). The molecule has 29 heavy (non-hydrogen) atoms. The Labute approximate surface area is 179 Å². The number of aryl methyl sites for hydroxylation is 1. The van der Waals surface area contributed by atoms with Crippen molar-refractivity contribution >= 4 is 23.2 Å². The summed E-state index contributed by atoms with van der Waals surface area (Å²) >= 11 is 1.77. The minimum absolute atomic E-state index is 0.0590. The van der Waals surface area contributed by atoms with Crippen LogP contribution in [0.2, 0.25) is 0 Å². The summed E-state index contributed by atoms with van der Waals surface area (Å²) in [4.78, 5) is 23.6. The lowest BCUT2D eigenvalue weighted by molar-refractivity contribution is -0.121. The first-order valence-electron chi connectivity index (χ1n) is 10.8. The number of piperidine rings is 1. The number of nitrogens with one attached hydrogen (secondary N) is 3. The zero-order valence-corrected chi connectivity index (χ0v) is 19.5. The fourth-order valence-electron chi connectivity index (χ4n) is 3.35. The van der Waals surface area contributed by atoms with E-state index in [0.717, 1.165) is 39.1 Å². The number of guanidine groups is 1. The highest BCUT2D eigenvalue weighted by Gasteiger charge is 2.20. The minimum atomic E-state index is -0.233. The number of aromatic nitrogens is 1. The second kappa shape index (κ2) is 11.5.